The molecule has 24 heavy (non-hydrogen) atoms. The first-order valence-corrected chi connectivity index (χ1v) is 8.38. The second-order valence-electron chi connectivity index (χ2n) is 6.21. The van der Waals surface area contributed by atoms with Crippen molar-refractivity contribution in [3.8, 4) is 0 Å². The van der Waals surface area contributed by atoms with E-state index in [0.717, 1.165) is 12.2 Å². The predicted molar refractivity (Wildman–Crippen MR) is 101 cm³/mol. The lowest BCUT2D eigenvalue weighted by Gasteiger charge is -2.25. The van der Waals surface area contributed by atoms with Crippen LogP contribution in [0.25, 0.3) is 12.2 Å². The van der Waals surface area contributed by atoms with Gasteiger partial charge in [0.05, 0.1) is 5.69 Å². The van der Waals surface area contributed by atoms with Gasteiger partial charge in [-0.2, -0.15) is 0 Å². The molecule has 2 nitrogen and oxygen atoms in total. The Kier molecular flexibility index (Phi) is 3.87. The Bertz CT molecular complexity index is 854. The number of hydrogen-bond acceptors (Lipinski definition) is 2. The monoisotopic (exact) mass is 312 g/mol. The van der Waals surface area contributed by atoms with Crippen molar-refractivity contribution in [2.45, 2.75) is 19.4 Å². The van der Waals surface area contributed by atoms with Crippen LogP contribution in [0.3, 0.4) is 0 Å². The van der Waals surface area contributed by atoms with Gasteiger partial charge in [0.25, 0.3) is 0 Å². The van der Waals surface area contributed by atoms with E-state index >= 15 is 0 Å². The average Bonchev–Trinajstić information content (AvgIpc) is 2.98. The SMILES string of the molecule is CC1Cc2cccc(/C=C/c3ccccc3)c2N1c1ccccn1. The molecule has 0 amide bonds. The zero-order valence-electron chi connectivity index (χ0n) is 13.8. The standard InChI is InChI=1S/C22H20N2/c1-17-16-20-11-7-10-19(14-13-18-8-3-2-4-9-18)22(20)24(17)21-12-5-6-15-23-21/h2-15,17H,16H2,1H3/b14-13+. The van der Waals surface area contributed by atoms with E-state index in [1.54, 1.807) is 0 Å². The fourth-order valence-corrected chi connectivity index (χ4v) is 3.42. The van der Waals surface area contributed by atoms with E-state index in [4.69, 9.17) is 0 Å². The third-order valence-electron chi connectivity index (χ3n) is 4.50. The highest BCUT2D eigenvalue weighted by molar-refractivity contribution is 5.83. The first kappa shape index (κ1) is 14.7. The summed E-state index contributed by atoms with van der Waals surface area (Å²) in [4.78, 5) is 6.93. The van der Waals surface area contributed by atoms with Gasteiger partial charge >= 0.3 is 0 Å². The maximum absolute atomic E-state index is 4.57. The van der Waals surface area contributed by atoms with Crippen LogP contribution in [0.5, 0.6) is 0 Å². The minimum absolute atomic E-state index is 0.418. The molecule has 1 aliphatic rings. The summed E-state index contributed by atoms with van der Waals surface area (Å²) in [5.41, 5.74) is 5.14. The van der Waals surface area contributed by atoms with E-state index in [9.17, 15) is 0 Å². The molecule has 1 atom stereocenters. The molecule has 2 heterocycles. The Morgan fingerprint density at radius 3 is 2.54 bits per heavy atom. The van der Waals surface area contributed by atoms with Gasteiger partial charge in [0.2, 0.25) is 0 Å². The molecule has 2 aromatic carbocycles. The van der Waals surface area contributed by atoms with Gasteiger partial charge in [0.1, 0.15) is 5.82 Å². The molecule has 1 aliphatic heterocycles. The van der Waals surface area contributed by atoms with Crippen molar-refractivity contribution in [1.29, 1.82) is 0 Å². The number of nitrogens with zero attached hydrogens (tertiary/aromatic N) is 2. The molecule has 1 unspecified atom stereocenters. The molecule has 0 bridgehead atoms. The summed E-state index contributed by atoms with van der Waals surface area (Å²) in [6.45, 7) is 2.26. The summed E-state index contributed by atoms with van der Waals surface area (Å²) in [6, 6.07) is 23.5. The van der Waals surface area contributed by atoms with E-state index < -0.39 is 0 Å². The second-order valence-corrected chi connectivity index (χ2v) is 6.21. The van der Waals surface area contributed by atoms with E-state index in [-0.39, 0.29) is 0 Å². The largest absolute Gasteiger partial charge is 0.322 e. The van der Waals surface area contributed by atoms with Gasteiger partial charge < -0.3 is 4.90 Å². The Labute approximate surface area is 143 Å². The number of hydrogen-bond donors (Lipinski definition) is 0. The Hall–Kier alpha value is -2.87. The molecule has 0 fully saturated rings. The van der Waals surface area contributed by atoms with Crippen molar-refractivity contribution >= 4 is 23.7 Å². The van der Waals surface area contributed by atoms with E-state index in [1.807, 2.05) is 18.3 Å². The van der Waals surface area contributed by atoms with Gasteiger partial charge in [-0.05, 0) is 42.2 Å². The third-order valence-corrected chi connectivity index (χ3v) is 4.50. The molecule has 0 aliphatic carbocycles. The predicted octanol–water partition coefficient (Wildman–Crippen LogP) is 5.33. The van der Waals surface area contributed by atoms with Gasteiger partial charge in [-0.3, -0.25) is 0 Å². The van der Waals surface area contributed by atoms with Crippen molar-refractivity contribution in [3.05, 3.63) is 89.6 Å². The van der Waals surface area contributed by atoms with Crippen LogP contribution in [0.4, 0.5) is 11.5 Å². The molecule has 0 N–H and O–H groups in total. The van der Waals surface area contributed by atoms with Crippen molar-refractivity contribution < 1.29 is 0 Å². The molecule has 4 rings (SSSR count). The third kappa shape index (κ3) is 2.71. The first-order valence-electron chi connectivity index (χ1n) is 8.38. The van der Waals surface area contributed by atoms with Crippen LogP contribution in [-0.2, 0) is 6.42 Å². The Morgan fingerprint density at radius 1 is 0.917 bits per heavy atom. The molecule has 2 heteroatoms. The molecule has 0 saturated heterocycles. The molecular weight excluding hydrogens is 292 g/mol. The summed E-state index contributed by atoms with van der Waals surface area (Å²) in [7, 11) is 0. The highest BCUT2D eigenvalue weighted by Crippen LogP contribution is 2.40. The highest BCUT2D eigenvalue weighted by Gasteiger charge is 2.29. The molecule has 1 aromatic heterocycles. The van der Waals surface area contributed by atoms with Crippen LogP contribution in [0.2, 0.25) is 0 Å². The number of benzene rings is 2. The van der Waals surface area contributed by atoms with Gasteiger partial charge in [-0.1, -0.05) is 66.7 Å². The molecular formula is C22H20N2. The first-order chi connectivity index (χ1) is 11.8. The second kappa shape index (κ2) is 6.32. The quantitative estimate of drug-likeness (QED) is 0.607. The molecule has 0 spiro atoms. The molecule has 118 valence electrons. The normalized spacial score (nSPS) is 16.5. The fraction of sp³-hybridized carbons (Fsp3) is 0.136. The summed E-state index contributed by atoms with van der Waals surface area (Å²) in [5.74, 6) is 1.02. The molecule has 0 saturated carbocycles. The topological polar surface area (TPSA) is 16.1 Å². The highest BCUT2D eigenvalue weighted by atomic mass is 15.2. The lowest BCUT2D eigenvalue weighted by molar-refractivity contribution is 0.750. The maximum Gasteiger partial charge on any atom is 0.133 e. The summed E-state index contributed by atoms with van der Waals surface area (Å²) >= 11 is 0. The summed E-state index contributed by atoms with van der Waals surface area (Å²) < 4.78 is 0. The lowest BCUT2D eigenvalue weighted by atomic mass is 10.1. The number of pyridine rings is 1. The number of aromatic nitrogens is 1. The molecule has 3 aromatic rings. The van der Waals surface area contributed by atoms with Gasteiger partial charge in [-0.15, -0.1) is 0 Å². The van der Waals surface area contributed by atoms with Crippen LogP contribution < -0.4 is 4.90 Å². The lowest BCUT2D eigenvalue weighted by Crippen LogP contribution is -2.25. The van der Waals surface area contributed by atoms with Crippen LogP contribution in [0.15, 0.2) is 72.9 Å². The van der Waals surface area contributed by atoms with Gasteiger partial charge in [0.15, 0.2) is 0 Å². The summed E-state index contributed by atoms with van der Waals surface area (Å²) in [5, 5.41) is 0. The van der Waals surface area contributed by atoms with Crippen LogP contribution >= 0.6 is 0 Å². The number of para-hydroxylation sites is 1. The number of rotatable bonds is 3. The maximum atomic E-state index is 4.57. The van der Waals surface area contributed by atoms with Crippen molar-refractivity contribution in [2.24, 2.45) is 0 Å². The Balaban J connectivity index is 1.77. The minimum atomic E-state index is 0.418. The van der Waals surface area contributed by atoms with Crippen molar-refractivity contribution in [2.75, 3.05) is 4.90 Å². The van der Waals surface area contributed by atoms with E-state index in [1.165, 1.54) is 22.4 Å². The number of anilines is 2. The van der Waals surface area contributed by atoms with E-state index in [0.29, 0.717) is 6.04 Å². The zero-order chi connectivity index (χ0) is 16.4. The van der Waals surface area contributed by atoms with E-state index in [2.05, 4.69) is 83.6 Å². The van der Waals surface area contributed by atoms with Gasteiger partial charge in [-0.25, -0.2) is 4.98 Å². The van der Waals surface area contributed by atoms with Crippen LogP contribution in [-0.4, -0.2) is 11.0 Å². The Morgan fingerprint density at radius 2 is 1.75 bits per heavy atom. The molecule has 0 radical (unpaired) electrons. The summed E-state index contributed by atoms with van der Waals surface area (Å²) in [6.07, 6.45) is 7.30. The van der Waals surface area contributed by atoms with Crippen LogP contribution in [0.1, 0.15) is 23.6 Å². The van der Waals surface area contributed by atoms with Crippen molar-refractivity contribution in [3.63, 3.8) is 0 Å². The minimum Gasteiger partial charge on any atom is -0.322 e. The smallest absolute Gasteiger partial charge is 0.133 e. The van der Waals surface area contributed by atoms with Gasteiger partial charge in [0, 0.05) is 12.2 Å². The zero-order valence-corrected chi connectivity index (χ0v) is 13.8. The number of fused-ring (bicyclic) bond motifs is 1. The average molecular weight is 312 g/mol. The fourth-order valence-electron chi connectivity index (χ4n) is 3.42. The van der Waals surface area contributed by atoms with Crippen LogP contribution in [0, 0.1) is 0 Å². The van der Waals surface area contributed by atoms with Crippen molar-refractivity contribution in [1.82, 2.24) is 4.98 Å².